The highest BCUT2D eigenvalue weighted by Gasteiger charge is 2.14. The lowest BCUT2D eigenvalue weighted by atomic mass is 10.2. The van der Waals surface area contributed by atoms with Gasteiger partial charge in [0.05, 0.1) is 5.75 Å². The van der Waals surface area contributed by atoms with Crippen LogP contribution >= 0.6 is 11.8 Å². The molecule has 1 aromatic heterocycles. The van der Waals surface area contributed by atoms with Crippen molar-refractivity contribution in [2.45, 2.75) is 25.6 Å². The molecule has 6 heteroatoms. The van der Waals surface area contributed by atoms with Crippen molar-refractivity contribution in [1.29, 1.82) is 0 Å². The molecule has 0 unspecified atom stereocenters. The number of carbonyl (C=O) groups excluding carboxylic acids is 1. The van der Waals surface area contributed by atoms with Crippen LogP contribution < -0.4 is 0 Å². The Hall–Kier alpha value is -1.82. The van der Waals surface area contributed by atoms with Gasteiger partial charge in [-0.1, -0.05) is 42.1 Å². The van der Waals surface area contributed by atoms with E-state index >= 15 is 0 Å². The van der Waals surface area contributed by atoms with Gasteiger partial charge in [-0.2, -0.15) is 0 Å². The van der Waals surface area contributed by atoms with Gasteiger partial charge < -0.3 is 9.32 Å². The van der Waals surface area contributed by atoms with Gasteiger partial charge in [-0.3, -0.25) is 4.79 Å². The maximum atomic E-state index is 12.2. The Kier molecular flexibility index (Phi) is 5.17. The van der Waals surface area contributed by atoms with Crippen LogP contribution in [0.5, 0.6) is 0 Å². The molecule has 2 aromatic rings. The van der Waals surface area contributed by atoms with E-state index in [-0.39, 0.29) is 5.91 Å². The molecular weight excluding hydrogens is 274 g/mol. The number of hydrogen-bond acceptors (Lipinski definition) is 5. The third kappa shape index (κ3) is 4.09. The highest BCUT2D eigenvalue weighted by molar-refractivity contribution is 7.99. The Morgan fingerprint density at radius 2 is 2.05 bits per heavy atom. The van der Waals surface area contributed by atoms with Gasteiger partial charge in [0.25, 0.3) is 5.22 Å². The molecule has 0 radical (unpaired) electrons. The molecule has 2 rings (SSSR count). The van der Waals surface area contributed by atoms with E-state index in [1.165, 1.54) is 11.8 Å². The first kappa shape index (κ1) is 14.6. The predicted octanol–water partition coefficient (Wildman–Crippen LogP) is 2.52. The van der Waals surface area contributed by atoms with Crippen LogP contribution in [0.25, 0.3) is 0 Å². The molecule has 0 saturated heterocycles. The second-order valence-electron chi connectivity index (χ2n) is 4.27. The maximum absolute atomic E-state index is 12.2. The summed E-state index contributed by atoms with van der Waals surface area (Å²) in [4.78, 5) is 14.0. The Morgan fingerprint density at radius 3 is 2.65 bits per heavy atom. The van der Waals surface area contributed by atoms with Crippen molar-refractivity contribution >= 4 is 17.7 Å². The monoisotopic (exact) mass is 291 g/mol. The molecular formula is C14H17N3O2S. The molecule has 0 spiro atoms. The Balaban J connectivity index is 1.89. The maximum Gasteiger partial charge on any atom is 0.277 e. The van der Waals surface area contributed by atoms with Gasteiger partial charge in [0.15, 0.2) is 0 Å². The summed E-state index contributed by atoms with van der Waals surface area (Å²) in [5.74, 6) is 0.885. The Labute approximate surface area is 122 Å². The van der Waals surface area contributed by atoms with Crippen molar-refractivity contribution in [3.63, 3.8) is 0 Å². The molecule has 106 valence electrons. The molecule has 0 aliphatic rings. The first-order chi connectivity index (χ1) is 9.69. The van der Waals surface area contributed by atoms with E-state index in [9.17, 15) is 4.79 Å². The Morgan fingerprint density at radius 1 is 1.30 bits per heavy atom. The first-order valence-electron chi connectivity index (χ1n) is 6.43. The van der Waals surface area contributed by atoms with E-state index in [1.807, 2.05) is 42.2 Å². The summed E-state index contributed by atoms with van der Waals surface area (Å²) in [5, 5.41) is 8.03. The summed E-state index contributed by atoms with van der Waals surface area (Å²) in [6.07, 6.45) is 0. The van der Waals surface area contributed by atoms with Crippen molar-refractivity contribution in [1.82, 2.24) is 15.1 Å². The predicted molar refractivity (Wildman–Crippen MR) is 77.3 cm³/mol. The second kappa shape index (κ2) is 7.09. The van der Waals surface area contributed by atoms with Crippen molar-refractivity contribution < 1.29 is 9.21 Å². The van der Waals surface area contributed by atoms with Crippen LogP contribution in [0.2, 0.25) is 0 Å². The molecule has 0 aliphatic heterocycles. The van der Waals surface area contributed by atoms with Gasteiger partial charge in [0.1, 0.15) is 0 Å². The fourth-order valence-corrected chi connectivity index (χ4v) is 2.44. The number of carbonyl (C=O) groups is 1. The van der Waals surface area contributed by atoms with E-state index in [0.717, 1.165) is 5.56 Å². The minimum atomic E-state index is 0.0669. The molecule has 5 nitrogen and oxygen atoms in total. The van der Waals surface area contributed by atoms with Crippen molar-refractivity contribution in [2.24, 2.45) is 0 Å². The highest BCUT2D eigenvalue weighted by Crippen LogP contribution is 2.16. The van der Waals surface area contributed by atoms with Crippen LogP contribution in [-0.2, 0) is 11.3 Å². The zero-order chi connectivity index (χ0) is 14.4. The van der Waals surface area contributed by atoms with Crippen LogP contribution in [-0.4, -0.2) is 33.3 Å². The number of aryl methyl sites for hydroxylation is 1. The lowest BCUT2D eigenvalue weighted by Crippen LogP contribution is -2.31. The minimum Gasteiger partial charge on any atom is -0.416 e. The number of hydrogen-bond donors (Lipinski definition) is 0. The minimum absolute atomic E-state index is 0.0669. The standard InChI is InChI=1S/C14H17N3O2S/c1-3-17(9-12-7-5-4-6-8-12)13(18)10-20-14-16-15-11(2)19-14/h4-8H,3,9-10H2,1-2H3. The average Bonchev–Trinajstić information content (AvgIpc) is 2.89. The van der Waals surface area contributed by atoms with E-state index in [4.69, 9.17) is 4.42 Å². The van der Waals surface area contributed by atoms with Crippen molar-refractivity contribution in [3.05, 3.63) is 41.8 Å². The van der Waals surface area contributed by atoms with E-state index < -0.39 is 0 Å². The van der Waals surface area contributed by atoms with Gasteiger partial charge in [0, 0.05) is 20.0 Å². The number of rotatable bonds is 6. The summed E-state index contributed by atoms with van der Waals surface area (Å²) in [7, 11) is 0. The lowest BCUT2D eigenvalue weighted by molar-refractivity contribution is -0.128. The topological polar surface area (TPSA) is 59.2 Å². The van der Waals surface area contributed by atoms with Crippen LogP contribution in [0.4, 0.5) is 0 Å². The van der Waals surface area contributed by atoms with Gasteiger partial charge in [-0.25, -0.2) is 0 Å². The zero-order valence-electron chi connectivity index (χ0n) is 11.6. The third-order valence-electron chi connectivity index (χ3n) is 2.78. The van der Waals surface area contributed by atoms with Crippen molar-refractivity contribution in [2.75, 3.05) is 12.3 Å². The van der Waals surface area contributed by atoms with Gasteiger partial charge in [-0.15, -0.1) is 10.2 Å². The number of thioether (sulfide) groups is 1. The number of benzene rings is 1. The number of nitrogens with zero attached hydrogens (tertiary/aromatic N) is 3. The fraction of sp³-hybridized carbons (Fsp3) is 0.357. The fourth-order valence-electron chi connectivity index (χ4n) is 1.73. The molecule has 0 N–H and O–H groups in total. The molecule has 20 heavy (non-hydrogen) atoms. The molecule has 1 heterocycles. The van der Waals surface area contributed by atoms with Crippen LogP contribution in [0.15, 0.2) is 40.0 Å². The normalized spacial score (nSPS) is 10.5. The summed E-state index contributed by atoms with van der Waals surface area (Å²) < 4.78 is 5.24. The average molecular weight is 291 g/mol. The molecule has 0 fully saturated rings. The number of amides is 1. The van der Waals surface area contributed by atoms with Gasteiger partial charge in [-0.05, 0) is 12.5 Å². The smallest absolute Gasteiger partial charge is 0.277 e. The van der Waals surface area contributed by atoms with E-state index in [2.05, 4.69) is 10.2 Å². The van der Waals surface area contributed by atoms with Crippen LogP contribution in [0.1, 0.15) is 18.4 Å². The largest absolute Gasteiger partial charge is 0.416 e. The summed E-state index contributed by atoms with van der Waals surface area (Å²) in [6.45, 7) is 5.01. The second-order valence-corrected chi connectivity index (χ2v) is 5.20. The molecule has 0 bridgehead atoms. The summed E-state index contributed by atoms with van der Waals surface area (Å²) in [5.41, 5.74) is 1.13. The van der Waals surface area contributed by atoms with E-state index in [0.29, 0.717) is 30.0 Å². The first-order valence-corrected chi connectivity index (χ1v) is 7.42. The van der Waals surface area contributed by atoms with Gasteiger partial charge >= 0.3 is 0 Å². The zero-order valence-corrected chi connectivity index (χ0v) is 12.4. The number of aromatic nitrogens is 2. The SMILES string of the molecule is CCN(Cc1ccccc1)C(=O)CSc1nnc(C)o1. The molecule has 0 atom stereocenters. The van der Waals surface area contributed by atoms with Crippen LogP contribution in [0.3, 0.4) is 0 Å². The van der Waals surface area contributed by atoms with Crippen LogP contribution in [0, 0.1) is 6.92 Å². The summed E-state index contributed by atoms with van der Waals surface area (Å²) >= 11 is 1.27. The third-order valence-corrected chi connectivity index (χ3v) is 3.58. The molecule has 0 saturated carbocycles. The quantitative estimate of drug-likeness (QED) is 0.765. The van der Waals surface area contributed by atoms with Crippen molar-refractivity contribution in [3.8, 4) is 0 Å². The Bertz CT molecular complexity index is 557. The lowest BCUT2D eigenvalue weighted by Gasteiger charge is -2.20. The highest BCUT2D eigenvalue weighted by atomic mass is 32.2. The molecule has 1 amide bonds. The summed E-state index contributed by atoms with van der Waals surface area (Å²) in [6, 6.07) is 9.96. The molecule has 0 aliphatic carbocycles. The molecule has 1 aromatic carbocycles. The van der Waals surface area contributed by atoms with E-state index in [1.54, 1.807) is 6.92 Å². The van der Waals surface area contributed by atoms with Gasteiger partial charge in [0.2, 0.25) is 11.8 Å².